The normalized spacial score (nSPS) is 29.3. The molecule has 4 aliphatic heterocycles. The molecule has 3 fully saturated rings. The second-order valence-electron chi connectivity index (χ2n) is 6.81. The summed E-state index contributed by atoms with van der Waals surface area (Å²) < 4.78 is 11.6. The van der Waals surface area contributed by atoms with Crippen LogP contribution in [0.15, 0.2) is 18.2 Å². The van der Waals surface area contributed by atoms with Gasteiger partial charge in [-0.15, -0.1) is 0 Å². The van der Waals surface area contributed by atoms with Gasteiger partial charge in [-0.3, -0.25) is 9.69 Å². The summed E-state index contributed by atoms with van der Waals surface area (Å²) in [6.45, 7) is 9.55. The fraction of sp³-hybridized carbons (Fsp3) is 0.588. The molecular weight excluding hydrogens is 294 g/mol. The van der Waals surface area contributed by atoms with Crippen LogP contribution in [0.2, 0.25) is 0 Å². The van der Waals surface area contributed by atoms with E-state index in [1.165, 1.54) is 0 Å². The Bertz CT molecular complexity index is 597. The van der Waals surface area contributed by atoms with Crippen LogP contribution in [0.25, 0.3) is 0 Å². The van der Waals surface area contributed by atoms with Crippen LogP contribution >= 0.6 is 0 Å². The van der Waals surface area contributed by atoms with E-state index in [9.17, 15) is 4.79 Å². The first-order valence-corrected chi connectivity index (χ1v) is 8.41. The minimum atomic E-state index is 0.0199. The van der Waals surface area contributed by atoms with Crippen molar-refractivity contribution >= 4 is 5.91 Å². The summed E-state index contributed by atoms with van der Waals surface area (Å²) in [5.41, 5.74) is 1.04. The van der Waals surface area contributed by atoms with Gasteiger partial charge in [0, 0.05) is 26.2 Å². The number of carbonyl (C=O) groups excluding carboxylic acids is 1. The number of benzene rings is 1. The molecule has 1 aromatic carbocycles. The van der Waals surface area contributed by atoms with Gasteiger partial charge in [0.25, 0.3) is 5.91 Å². The number of rotatable bonds is 4. The molecule has 1 amide bonds. The van der Waals surface area contributed by atoms with Gasteiger partial charge in [-0.2, -0.15) is 0 Å². The fourth-order valence-corrected chi connectivity index (χ4v) is 3.91. The molecule has 2 bridgehead atoms. The molecule has 0 saturated carbocycles. The number of amides is 1. The summed E-state index contributed by atoms with van der Waals surface area (Å²) in [7, 11) is 0. The van der Waals surface area contributed by atoms with Gasteiger partial charge in [-0.05, 0) is 24.6 Å². The monoisotopic (exact) mass is 318 g/mol. The molecule has 1 N–H and O–H groups in total. The number of ether oxygens (including phenoxy) is 2. The van der Waals surface area contributed by atoms with Crippen molar-refractivity contribution in [2.75, 3.05) is 46.1 Å². The summed E-state index contributed by atoms with van der Waals surface area (Å²) in [5.74, 6) is 1.69. The van der Waals surface area contributed by atoms with Crippen LogP contribution in [0.4, 0.5) is 0 Å². The highest BCUT2D eigenvalue weighted by molar-refractivity contribution is 5.80. The van der Waals surface area contributed by atoms with Gasteiger partial charge in [0.2, 0.25) is 6.79 Å². The van der Waals surface area contributed by atoms with Gasteiger partial charge < -0.3 is 19.3 Å². The summed E-state index contributed by atoms with van der Waals surface area (Å²) in [6, 6.07) is 5.84. The Labute approximate surface area is 136 Å². The lowest BCUT2D eigenvalue weighted by atomic mass is 10.1. The number of carbonyl (C=O) groups is 1. The van der Waals surface area contributed by atoms with Gasteiger partial charge in [0.15, 0.2) is 17.5 Å². The lowest BCUT2D eigenvalue weighted by molar-refractivity contribution is -0.953. The van der Waals surface area contributed by atoms with Crippen molar-refractivity contribution in [3.63, 3.8) is 0 Å². The van der Waals surface area contributed by atoms with Gasteiger partial charge in [-0.25, -0.2) is 0 Å². The van der Waals surface area contributed by atoms with Crippen LogP contribution in [0.3, 0.4) is 0 Å². The average Bonchev–Trinajstić information content (AvgIpc) is 3.08. The number of quaternary nitrogens is 1. The minimum Gasteiger partial charge on any atom is -0.454 e. The molecule has 1 aromatic rings. The summed E-state index contributed by atoms with van der Waals surface area (Å²) in [6.07, 6.45) is 0. The summed E-state index contributed by atoms with van der Waals surface area (Å²) in [5, 5.41) is 3.10. The second-order valence-corrected chi connectivity index (χ2v) is 6.81. The Kier molecular flexibility index (Phi) is 3.66. The van der Waals surface area contributed by atoms with Crippen molar-refractivity contribution in [3.05, 3.63) is 23.8 Å². The molecule has 3 saturated heterocycles. The van der Waals surface area contributed by atoms with Gasteiger partial charge in [0.1, 0.15) is 0 Å². The van der Waals surface area contributed by atoms with Crippen LogP contribution in [-0.4, -0.2) is 67.4 Å². The Morgan fingerprint density at radius 1 is 1.22 bits per heavy atom. The minimum absolute atomic E-state index is 0.0199. The zero-order chi connectivity index (χ0) is 15.9. The molecule has 124 valence electrons. The molecule has 23 heavy (non-hydrogen) atoms. The lowest BCUT2D eigenvalue weighted by Gasteiger charge is -2.52. The van der Waals surface area contributed by atoms with Crippen LogP contribution in [0.1, 0.15) is 12.5 Å². The Hall–Kier alpha value is -1.79. The molecule has 0 unspecified atom stereocenters. The zero-order valence-corrected chi connectivity index (χ0v) is 13.6. The Morgan fingerprint density at radius 2 is 1.91 bits per heavy atom. The van der Waals surface area contributed by atoms with Crippen molar-refractivity contribution in [2.45, 2.75) is 19.5 Å². The van der Waals surface area contributed by atoms with E-state index in [-0.39, 0.29) is 18.7 Å². The first kappa shape index (κ1) is 14.8. The van der Waals surface area contributed by atoms with E-state index >= 15 is 0 Å². The number of hydrogen-bond donors (Lipinski definition) is 1. The highest BCUT2D eigenvalue weighted by atomic mass is 16.7. The third-order valence-corrected chi connectivity index (χ3v) is 5.69. The maximum absolute atomic E-state index is 12.6. The lowest BCUT2D eigenvalue weighted by Crippen LogP contribution is -2.72. The van der Waals surface area contributed by atoms with E-state index < -0.39 is 0 Å². The van der Waals surface area contributed by atoms with Crippen molar-refractivity contribution < 1.29 is 18.8 Å². The number of piperazine rings is 3. The summed E-state index contributed by atoms with van der Waals surface area (Å²) in [4.78, 5) is 15.1. The molecule has 0 aromatic heterocycles. The molecule has 0 radical (unpaired) electrons. The van der Waals surface area contributed by atoms with E-state index in [0.717, 1.165) is 60.8 Å². The van der Waals surface area contributed by atoms with Crippen LogP contribution in [0, 0.1) is 0 Å². The van der Waals surface area contributed by atoms with Gasteiger partial charge in [0.05, 0.1) is 19.6 Å². The quantitative estimate of drug-likeness (QED) is 0.825. The maximum atomic E-state index is 12.6. The number of fused-ring (bicyclic) bond motifs is 4. The Morgan fingerprint density at radius 3 is 2.65 bits per heavy atom. The molecule has 4 aliphatic rings. The Balaban J connectivity index is 1.38. The topological polar surface area (TPSA) is 50.8 Å². The number of nitrogens with zero attached hydrogens (tertiary/aromatic N) is 2. The standard InChI is InChI=1S/C17H23N3O3/c1-13(20-7-4-19(5-8-20)6-9-20)17(21)18-11-14-2-3-15-16(10-14)23-12-22-15/h2-3,10,13H,4-9,11-12H2,1H3/p+1/t13-/m1/s1. The molecule has 1 atom stereocenters. The maximum Gasteiger partial charge on any atom is 0.278 e. The van der Waals surface area contributed by atoms with E-state index in [0.29, 0.717) is 6.54 Å². The largest absolute Gasteiger partial charge is 0.454 e. The second kappa shape index (κ2) is 5.69. The van der Waals surface area contributed by atoms with E-state index in [1.54, 1.807) is 0 Å². The molecule has 5 rings (SSSR count). The first-order valence-electron chi connectivity index (χ1n) is 8.41. The van der Waals surface area contributed by atoms with Crippen molar-refractivity contribution in [1.82, 2.24) is 10.2 Å². The van der Waals surface area contributed by atoms with Crippen LogP contribution in [-0.2, 0) is 11.3 Å². The molecule has 6 nitrogen and oxygen atoms in total. The highest BCUT2D eigenvalue weighted by Crippen LogP contribution is 2.32. The number of hydrogen-bond acceptors (Lipinski definition) is 4. The third-order valence-electron chi connectivity index (χ3n) is 5.69. The van der Waals surface area contributed by atoms with Crippen LogP contribution < -0.4 is 14.8 Å². The molecular formula is C17H24N3O3+. The highest BCUT2D eigenvalue weighted by Gasteiger charge is 2.44. The molecule has 0 spiro atoms. The first-order chi connectivity index (χ1) is 11.2. The van der Waals surface area contributed by atoms with E-state index in [2.05, 4.69) is 17.1 Å². The number of nitrogens with one attached hydrogen (secondary N) is 1. The van der Waals surface area contributed by atoms with E-state index in [1.807, 2.05) is 18.2 Å². The predicted octanol–water partition coefficient (Wildman–Crippen LogP) is 0.566. The van der Waals surface area contributed by atoms with Crippen LogP contribution in [0.5, 0.6) is 11.5 Å². The smallest absolute Gasteiger partial charge is 0.278 e. The molecule has 4 heterocycles. The van der Waals surface area contributed by atoms with Gasteiger partial charge >= 0.3 is 0 Å². The third kappa shape index (κ3) is 2.66. The fourth-order valence-electron chi connectivity index (χ4n) is 3.91. The van der Waals surface area contributed by atoms with Crippen molar-refractivity contribution in [2.24, 2.45) is 0 Å². The SMILES string of the molecule is C[C@H](C(=O)NCc1ccc2c(c1)OCO2)[N+]12CCN(CC1)CC2. The van der Waals surface area contributed by atoms with Gasteiger partial charge in [-0.1, -0.05) is 6.07 Å². The van der Waals surface area contributed by atoms with E-state index in [4.69, 9.17) is 9.47 Å². The summed E-state index contributed by atoms with van der Waals surface area (Å²) >= 11 is 0. The van der Waals surface area contributed by atoms with Crippen molar-refractivity contribution in [1.29, 1.82) is 0 Å². The predicted molar refractivity (Wildman–Crippen MR) is 85.2 cm³/mol. The zero-order valence-electron chi connectivity index (χ0n) is 13.6. The molecule has 6 heteroatoms. The average molecular weight is 318 g/mol. The molecule has 0 aliphatic carbocycles. The van der Waals surface area contributed by atoms with Crippen molar-refractivity contribution in [3.8, 4) is 11.5 Å².